The van der Waals surface area contributed by atoms with Gasteiger partial charge in [0.25, 0.3) is 0 Å². The Morgan fingerprint density at radius 1 is 1.25 bits per heavy atom. The standard InChI is InChI=1S/C21H26BrN5O/c1-15-8-9-16(22)12-19(15)26-20(28)13-24-21(23-2)25-17-10-11-27(14-17)18-6-4-3-5-7-18/h3-9,12,17H,10-11,13-14H2,1-2H3,(H,26,28)(H2,23,24,25). The number of halogens is 1. The summed E-state index contributed by atoms with van der Waals surface area (Å²) in [6.45, 7) is 4.03. The number of nitrogens with one attached hydrogen (secondary N) is 3. The maximum Gasteiger partial charge on any atom is 0.243 e. The molecule has 3 rings (SSSR count). The fourth-order valence-electron chi connectivity index (χ4n) is 3.23. The Bertz CT molecular complexity index is 840. The molecule has 0 spiro atoms. The minimum absolute atomic E-state index is 0.110. The molecule has 0 aliphatic carbocycles. The molecule has 1 amide bonds. The molecule has 2 aromatic carbocycles. The van der Waals surface area contributed by atoms with Crippen LogP contribution in [0.2, 0.25) is 0 Å². The summed E-state index contributed by atoms with van der Waals surface area (Å²) in [5, 5.41) is 9.45. The fraction of sp³-hybridized carbons (Fsp3) is 0.333. The summed E-state index contributed by atoms with van der Waals surface area (Å²) >= 11 is 3.43. The van der Waals surface area contributed by atoms with Crippen molar-refractivity contribution < 1.29 is 4.79 Å². The van der Waals surface area contributed by atoms with Gasteiger partial charge in [0.05, 0.1) is 6.54 Å². The van der Waals surface area contributed by atoms with Crippen LogP contribution in [0.4, 0.5) is 11.4 Å². The first-order chi connectivity index (χ1) is 13.5. The summed E-state index contributed by atoms with van der Waals surface area (Å²) in [5.41, 5.74) is 3.06. The van der Waals surface area contributed by atoms with Crippen LogP contribution in [-0.2, 0) is 4.79 Å². The van der Waals surface area contributed by atoms with Crippen molar-refractivity contribution in [1.29, 1.82) is 0 Å². The Hall–Kier alpha value is -2.54. The SMILES string of the molecule is CN=C(NCC(=O)Nc1cc(Br)ccc1C)NC1CCN(c2ccccc2)C1. The van der Waals surface area contributed by atoms with E-state index in [4.69, 9.17) is 0 Å². The summed E-state index contributed by atoms with van der Waals surface area (Å²) in [6, 6.07) is 16.5. The first-order valence-electron chi connectivity index (χ1n) is 9.38. The molecule has 148 valence electrons. The van der Waals surface area contributed by atoms with Crippen molar-refractivity contribution in [1.82, 2.24) is 10.6 Å². The van der Waals surface area contributed by atoms with Gasteiger partial charge in [-0.2, -0.15) is 0 Å². The van der Waals surface area contributed by atoms with Crippen LogP contribution in [0.5, 0.6) is 0 Å². The number of aryl methyl sites for hydroxylation is 1. The summed E-state index contributed by atoms with van der Waals surface area (Å²) in [6.07, 6.45) is 1.03. The van der Waals surface area contributed by atoms with Gasteiger partial charge < -0.3 is 20.9 Å². The summed E-state index contributed by atoms with van der Waals surface area (Å²) < 4.78 is 0.933. The minimum atomic E-state index is -0.110. The molecule has 0 bridgehead atoms. The van der Waals surface area contributed by atoms with E-state index >= 15 is 0 Å². The lowest BCUT2D eigenvalue weighted by molar-refractivity contribution is -0.115. The lowest BCUT2D eigenvalue weighted by atomic mass is 10.2. The van der Waals surface area contributed by atoms with Gasteiger partial charge in [0.15, 0.2) is 5.96 Å². The Morgan fingerprint density at radius 3 is 2.79 bits per heavy atom. The number of guanidine groups is 1. The van der Waals surface area contributed by atoms with Gasteiger partial charge in [-0.3, -0.25) is 9.79 Å². The second-order valence-corrected chi connectivity index (χ2v) is 7.76. The van der Waals surface area contributed by atoms with Crippen LogP contribution in [0.15, 0.2) is 58.0 Å². The van der Waals surface area contributed by atoms with E-state index in [1.807, 2.05) is 31.2 Å². The van der Waals surface area contributed by atoms with Crippen LogP contribution < -0.4 is 20.9 Å². The van der Waals surface area contributed by atoms with E-state index in [0.717, 1.165) is 35.2 Å². The predicted molar refractivity (Wildman–Crippen MR) is 119 cm³/mol. The number of anilines is 2. The average molecular weight is 444 g/mol. The molecular formula is C21H26BrN5O. The quantitative estimate of drug-likeness (QED) is 0.490. The second kappa shape index (κ2) is 9.59. The number of benzene rings is 2. The summed E-state index contributed by atoms with van der Waals surface area (Å²) in [5.74, 6) is 0.530. The van der Waals surface area contributed by atoms with Crippen molar-refractivity contribution in [2.45, 2.75) is 19.4 Å². The van der Waals surface area contributed by atoms with Crippen LogP contribution in [-0.4, -0.2) is 44.6 Å². The average Bonchev–Trinajstić information content (AvgIpc) is 3.17. The van der Waals surface area contributed by atoms with Crippen molar-refractivity contribution in [2.75, 3.05) is 36.9 Å². The fourth-order valence-corrected chi connectivity index (χ4v) is 3.59. The molecule has 1 fully saturated rings. The number of carbonyl (C=O) groups is 1. The van der Waals surface area contributed by atoms with Gasteiger partial charge in [-0.1, -0.05) is 40.2 Å². The van der Waals surface area contributed by atoms with Crippen molar-refractivity contribution >= 4 is 39.2 Å². The first-order valence-corrected chi connectivity index (χ1v) is 10.2. The monoisotopic (exact) mass is 443 g/mol. The maximum absolute atomic E-state index is 12.3. The zero-order chi connectivity index (χ0) is 19.9. The van der Waals surface area contributed by atoms with E-state index in [0.29, 0.717) is 12.0 Å². The van der Waals surface area contributed by atoms with Crippen molar-refractivity contribution in [2.24, 2.45) is 4.99 Å². The van der Waals surface area contributed by atoms with E-state index in [1.165, 1.54) is 5.69 Å². The van der Waals surface area contributed by atoms with Crippen LogP contribution in [0.25, 0.3) is 0 Å². The predicted octanol–water partition coefficient (Wildman–Crippen LogP) is 3.14. The van der Waals surface area contributed by atoms with Gasteiger partial charge in [0, 0.05) is 42.0 Å². The molecule has 1 unspecified atom stereocenters. The zero-order valence-electron chi connectivity index (χ0n) is 16.2. The third-order valence-corrected chi connectivity index (χ3v) is 5.26. The molecule has 1 atom stereocenters. The van der Waals surface area contributed by atoms with E-state index < -0.39 is 0 Å². The smallest absolute Gasteiger partial charge is 0.243 e. The lowest BCUT2D eigenvalue weighted by Gasteiger charge is -2.20. The van der Waals surface area contributed by atoms with E-state index in [1.54, 1.807) is 7.05 Å². The number of amides is 1. The minimum Gasteiger partial charge on any atom is -0.369 e. The third-order valence-electron chi connectivity index (χ3n) is 4.76. The number of para-hydroxylation sites is 1. The highest BCUT2D eigenvalue weighted by atomic mass is 79.9. The highest BCUT2D eigenvalue weighted by Crippen LogP contribution is 2.21. The molecular weight excluding hydrogens is 418 g/mol. The topological polar surface area (TPSA) is 68.8 Å². The lowest BCUT2D eigenvalue weighted by Crippen LogP contribution is -2.46. The van der Waals surface area contributed by atoms with Gasteiger partial charge in [-0.25, -0.2) is 0 Å². The van der Waals surface area contributed by atoms with Crippen LogP contribution in [0, 0.1) is 6.92 Å². The summed E-state index contributed by atoms with van der Waals surface area (Å²) in [4.78, 5) is 18.9. The molecule has 0 radical (unpaired) electrons. The van der Waals surface area contributed by atoms with Crippen LogP contribution in [0.1, 0.15) is 12.0 Å². The molecule has 7 heteroatoms. The molecule has 1 aliphatic heterocycles. The molecule has 2 aromatic rings. The second-order valence-electron chi connectivity index (χ2n) is 6.84. The van der Waals surface area contributed by atoms with E-state index in [-0.39, 0.29) is 12.5 Å². The molecule has 0 saturated carbocycles. The Kier molecular flexibility index (Phi) is 6.92. The number of nitrogens with zero attached hydrogens (tertiary/aromatic N) is 2. The van der Waals surface area contributed by atoms with Crippen LogP contribution >= 0.6 is 15.9 Å². The van der Waals surface area contributed by atoms with Crippen LogP contribution in [0.3, 0.4) is 0 Å². The Morgan fingerprint density at radius 2 is 2.04 bits per heavy atom. The Balaban J connectivity index is 1.47. The number of aliphatic imine (C=N–C) groups is 1. The maximum atomic E-state index is 12.3. The highest BCUT2D eigenvalue weighted by Gasteiger charge is 2.23. The van der Waals surface area contributed by atoms with Crippen molar-refractivity contribution in [3.05, 3.63) is 58.6 Å². The molecule has 28 heavy (non-hydrogen) atoms. The van der Waals surface area contributed by atoms with E-state index in [9.17, 15) is 4.79 Å². The number of hydrogen-bond acceptors (Lipinski definition) is 3. The number of hydrogen-bond donors (Lipinski definition) is 3. The number of carbonyl (C=O) groups excluding carboxylic acids is 1. The molecule has 6 nitrogen and oxygen atoms in total. The molecule has 1 aliphatic rings. The normalized spacial score (nSPS) is 16.8. The molecule has 1 heterocycles. The third kappa shape index (κ3) is 5.48. The Labute approximate surface area is 174 Å². The highest BCUT2D eigenvalue weighted by molar-refractivity contribution is 9.10. The first kappa shape index (κ1) is 20.2. The molecule has 0 aromatic heterocycles. The van der Waals surface area contributed by atoms with E-state index in [2.05, 4.69) is 66.0 Å². The van der Waals surface area contributed by atoms with Gasteiger partial charge in [-0.05, 0) is 43.2 Å². The number of rotatable bonds is 5. The summed E-state index contributed by atoms with van der Waals surface area (Å²) in [7, 11) is 1.72. The van der Waals surface area contributed by atoms with Gasteiger partial charge >= 0.3 is 0 Å². The van der Waals surface area contributed by atoms with Gasteiger partial charge in [0.1, 0.15) is 0 Å². The molecule has 3 N–H and O–H groups in total. The van der Waals surface area contributed by atoms with Crippen molar-refractivity contribution in [3.8, 4) is 0 Å². The van der Waals surface area contributed by atoms with Crippen molar-refractivity contribution in [3.63, 3.8) is 0 Å². The van der Waals surface area contributed by atoms with Gasteiger partial charge in [-0.15, -0.1) is 0 Å². The largest absolute Gasteiger partial charge is 0.369 e. The van der Waals surface area contributed by atoms with Gasteiger partial charge in [0.2, 0.25) is 5.91 Å². The zero-order valence-corrected chi connectivity index (χ0v) is 17.8. The molecule has 1 saturated heterocycles.